The highest BCUT2D eigenvalue weighted by molar-refractivity contribution is 6.33. The van der Waals surface area contributed by atoms with Gasteiger partial charge >= 0.3 is 0 Å². The molecule has 0 radical (unpaired) electrons. The number of fused-ring (bicyclic) bond motifs is 1. The molecule has 2 heterocycles. The third-order valence-electron chi connectivity index (χ3n) is 4.43. The predicted molar refractivity (Wildman–Crippen MR) is 93.5 cm³/mol. The molecule has 1 N–H and O–H groups in total. The van der Waals surface area contributed by atoms with E-state index in [1.165, 1.54) is 12.1 Å². The summed E-state index contributed by atoms with van der Waals surface area (Å²) in [6.07, 6.45) is 1.99. The van der Waals surface area contributed by atoms with Crippen LogP contribution in [0.25, 0.3) is 11.0 Å². The third-order valence-corrected chi connectivity index (χ3v) is 4.73. The van der Waals surface area contributed by atoms with Crippen LogP contribution in [0, 0.1) is 10.1 Å². The quantitative estimate of drug-likeness (QED) is 0.563. The molecule has 4 rings (SSSR count). The molecule has 7 heteroatoms. The SMILES string of the molecule is O=[N+]([O-])c1ccc(N2CCCC2c2nc3ccccc3[nH]2)c(Cl)c1. The van der Waals surface area contributed by atoms with Crippen LogP contribution in [0.4, 0.5) is 11.4 Å². The third kappa shape index (κ3) is 2.49. The number of anilines is 1. The summed E-state index contributed by atoms with van der Waals surface area (Å²) in [6, 6.07) is 12.6. The van der Waals surface area contributed by atoms with Gasteiger partial charge in [0.25, 0.3) is 5.69 Å². The Hall–Kier alpha value is -2.60. The van der Waals surface area contributed by atoms with E-state index in [1.807, 2.05) is 24.3 Å². The van der Waals surface area contributed by atoms with E-state index in [2.05, 4.69) is 9.88 Å². The number of aromatic nitrogens is 2. The maximum atomic E-state index is 10.9. The van der Waals surface area contributed by atoms with Crippen LogP contribution in [0.15, 0.2) is 42.5 Å². The number of nitrogens with one attached hydrogen (secondary N) is 1. The van der Waals surface area contributed by atoms with E-state index in [4.69, 9.17) is 16.6 Å². The molecule has 122 valence electrons. The molecule has 1 aliphatic rings. The van der Waals surface area contributed by atoms with Gasteiger partial charge in [0.15, 0.2) is 0 Å². The van der Waals surface area contributed by atoms with Crippen LogP contribution >= 0.6 is 11.6 Å². The number of imidazole rings is 1. The Kier molecular flexibility index (Phi) is 3.61. The van der Waals surface area contributed by atoms with E-state index >= 15 is 0 Å². The maximum Gasteiger partial charge on any atom is 0.271 e. The topological polar surface area (TPSA) is 75.1 Å². The van der Waals surface area contributed by atoms with Crippen LogP contribution in [0.5, 0.6) is 0 Å². The smallest absolute Gasteiger partial charge is 0.271 e. The largest absolute Gasteiger partial charge is 0.360 e. The summed E-state index contributed by atoms with van der Waals surface area (Å²) in [6.45, 7) is 0.846. The molecule has 1 fully saturated rings. The molecule has 1 saturated heterocycles. The number of halogens is 1. The highest BCUT2D eigenvalue weighted by Gasteiger charge is 2.30. The van der Waals surface area contributed by atoms with Crippen molar-refractivity contribution in [2.24, 2.45) is 0 Å². The minimum Gasteiger partial charge on any atom is -0.360 e. The fraction of sp³-hybridized carbons (Fsp3) is 0.235. The van der Waals surface area contributed by atoms with Crippen LogP contribution in [-0.4, -0.2) is 21.4 Å². The first-order chi connectivity index (χ1) is 11.6. The second-order valence-electron chi connectivity index (χ2n) is 5.88. The highest BCUT2D eigenvalue weighted by Crippen LogP contribution is 2.40. The number of benzene rings is 2. The van der Waals surface area contributed by atoms with Crippen molar-refractivity contribution in [3.63, 3.8) is 0 Å². The average molecular weight is 343 g/mol. The lowest BCUT2D eigenvalue weighted by Gasteiger charge is -2.26. The van der Waals surface area contributed by atoms with Gasteiger partial charge in [0.2, 0.25) is 0 Å². The molecule has 24 heavy (non-hydrogen) atoms. The molecule has 0 spiro atoms. The standard InChI is InChI=1S/C17H15ClN4O2/c18-12-10-11(22(23)24)7-8-15(12)21-9-3-6-16(21)17-19-13-4-1-2-5-14(13)20-17/h1-2,4-5,7-8,10,16H,3,6,9H2,(H,19,20). The van der Waals surface area contributed by atoms with Crippen LogP contribution in [0.3, 0.4) is 0 Å². The molecule has 3 aromatic rings. The van der Waals surface area contributed by atoms with Crippen molar-refractivity contribution in [3.8, 4) is 0 Å². The number of rotatable bonds is 3. The van der Waals surface area contributed by atoms with Gasteiger partial charge in [0, 0.05) is 18.7 Å². The van der Waals surface area contributed by atoms with Crippen molar-refractivity contribution in [1.29, 1.82) is 0 Å². The summed E-state index contributed by atoms with van der Waals surface area (Å²) in [4.78, 5) is 20.7. The second kappa shape index (κ2) is 5.79. The van der Waals surface area contributed by atoms with Crippen molar-refractivity contribution >= 4 is 34.0 Å². The van der Waals surface area contributed by atoms with Gasteiger partial charge in [-0.3, -0.25) is 10.1 Å². The van der Waals surface area contributed by atoms with Crippen molar-refractivity contribution in [2.45, 2.75) is 18.9 Å². The Morgan fingerprint density at radius 3 is 2.88 bits per heavy atom. The lowest BCUT2D eigenvalue weighted by atomic mass is 10.2. The van der Waals surface area contributed by atoms with Crippen LogP contribution in [0.2, 0.25) is 5.02 Å². The lowest BCUT2D eigenvalue weighted by Crippen LogP contribution is -2.23. The summed E-state index contributed by atoms with van der Waals surface area (Å²) in [7, 11) is 0. The van der Waals surface area contributed by atoms with Gasteiger partial charge in [-0.15, -0.1) is 0 Å². The number of nitro benzene ring substituents is 1. The molecule has 6 nitrogen and oxygen atoms in total. The van der Waals surface area contributed by atoms with Crippen LogP contribution < -0.4 is 4.90 Å². The van der Waals surface area contributed by atoms with E-state index in [0.29, 0.717) is 5.02 Å². The van der Waals surface area contributed by atoms with Crippen molar-refractivity contribution in [3.05, 3.63) is 63.4 Å². The van der Waals surface area contributed by atoms with Gasteiger partial charge in [-0.2, -0.15) is 0 Å². The Bertz CT molecular complexity index is 891. The number of para-hydroxylation sites is 2. The summed E-state index contributed by atoms with van der Waals surface area (Å²) in [5.74, 6) is 0.906. The van der Waals surface area contributed by atoms with E-state index in [1.54, 1.807) is 6.07 Å². The van der Waals surface area contributed by atoms with Crippen LogP contribution in [-0.2, 0) is 0 Å². The van der Waals surface area contributed by atoms with Crippen molar-refractivity contribution in [1.82, 2.24) is 9.97 Å². The van der Waals surface area contributed by atoms with E-state index in [0.717, 1.165) is 41.9 Å². The number of hydrogen-bond acceptors (Lipinski definition) is 4. The zero-order valence-corrected chi connectivity index (χ0v) is 13.5. The Morgan fingerprint density at radius 2 is 2.12 bits per heavy atom. The molecule has 0 aliphatic carbocycles. The second-order valence-corrected chi connectivity index (χ2v) is 6.29. The monoisotopic (exact) mass is 342 g/mol. The molecule has 0 amide bonds. The summed E-state index contributed by atoms with van der Waals surface area (Å²) >= 11 is 6.31. The number of H-pyrrole nitrogens is 1. The maximum absolute atomic E-state index is 10.9. The number of nitrogens with zero attached hydrogens (tertiary/aromatic N) is 3. The van der Waals surface area contributed by atoms with Crippen molar-refractivity contribution in [2.75, 3.05) is 11.4 Å². The first-order valence-corrected chi connectivity index (χ1v) is 8.16. The molecular weight excluding hydrogens is 328 g/mol. The fourth-order valence-electron chi connectivity index (χ4n) is 3.31. The number of hydrogen-bond donors (Lipinski definition) is 1. The van der Waals surface area contributed by atoms with Gasteiger partial charge < -0.3 is 9.88 Å². The molecule has 1 unspecified atom stereocenters. The van der Waals surface area contributed by atoms with Gasteiger partial charge in [0.05, 0.1) is 32.7 Å². The van der Waals surface area contributed by atoms with Gasteiger partial charge in [-0.25, -0.2) is 4.98 Å². The summed E-state index contributed by atoms with van der Waals surface area (Å²) < 4.78 is 0. The van der Waals surface area contributed by atoms with E-state index < -0.39 is 4.92 Å². The first-order valence-electron chi connectivity index (χ1n) is 7.79. The number of non-ortho nitro benzene ring substituents is 1. The van der Waals surface area contributed by atoms with Crippen LogP contribution in [0.1, 0.15) is 24.7 Å². The van der Waals surface area contributed by atoms with E-state index in [9.17, 15) is 10.1 Å². The normalized spacial score (nSPS) is 17.5. The Balaban J connectivity index is 1.71. The molecule has 1 aliphatic heterocycles. The lowest BCUT2D eigenvalue weighted by molar-refractivity contribution is -0.384. The molecule has 0 bridgehead atoms. The molecular formula is C17H15ClN4O2. The average Bonchev–Trinajstić information content (AvgIpc) is 3.20. The van der Waals surface area contributed by atoms with Gasteiger partial charge in [0.1, 0.15) is 5.82 Å². The molecule has 0 saturated carbocycles. The van der Waals surface area contributed by atoms with E-state index in [-0.39, 0.29) is 11.7 Å². The zero-order chi connectivity index (χ0) is 16.7. The Morgan fingerprint density at radius 1 is 1.29 bits per heavy atom. The summed E-state index contributed by atoms with van der Waals surface area (Å²) in [5.41, 5.74) is 2.76. The Labute approximate surface area is 143 Å². The minimum atomic E-state index is -0.434. The summed E-state index contributed by atoms with van der Waals surface area (Å²) in [5, 5.41) is 11.3. The van der Waals surface area contributed by atoms with Crippen molar-refractivity contribution < 1.29 is 4.92 Å². The molecule has 2 aromatic carbocycles. The molecule has 1 atom stereocenters. The first kappa shape index (κ1) is 15.0. The molecule has 1 aromatic heterocycles. The number of aromatic amines is 1. The minimum absolute atomic E-state index is 0.00299. The predicted octanol–water partition coefficient (Wildman–Crippen LogP) is 4.47. The van der Waals surface area contributed by atoms with Gasteiger partial charge in [-0.05, 0) is 31.0 Å². The fourth-order valence-corrected chi connectivity index (χ4v) is 3.60. The zero-order valence-electron chi connectivity index (χ0n) is 12.8. The van der Waals surface area contributed by atoms with Gasteiger partial charge in [-0.1, -0.05) is 23.7 Å². The number of nitro groups is 1. The highest BCUT2D eigenvalue weighted by atomic mass is 35.5.